The summed E-state index contributed by atoms with van der Waals surface area (Å²) in [5, 5.41) is 14.4. The normalized spacial score (nSPS) is 13.2. The molecule has 0 radical (unpaired) electrons. The third-order valence-electron chi connectivity index (χ3n) is 6.69. The van der Waals surface area contributed by atoms with Crippen molar-refractivity contribution in [3.05, 3.63) is 92.5 Å². The first-order valence-corrected chi connectivity index (χ1v) is 14.5. The number of carbonyl (C=O) groups is 2. The van der Waals surface area contributed by atoms with Crippen LogP contribution in [0.3, 0.4) is 0 Å². The zero-order valence-electron chi connectivity index (χ0n) is 22.5. The Labute approximate surface area is 242 Å². The van der Waals surface area contributed by atoms with Gasteiger partial charge in [0.05, 0.1) is 22.6 Å². The molecule has 3 aromatic carbocycles. The Morgan fingerprint density at radius 2 is 1.90 bits per heavy atom. The van der Waals surface area contributed by atoms with Gasteiger partial charge in [-0.25, -0.2) is 8.42 Å². The second-order valence-electron chi connectivity index (χ2n) is 9.55. The fourth-order valence-electron chi connectivity index (χ4n) is 4.55. The zero-order valence-corrected chi connectivity index (χ0v) is 24.1. The molecular weight excluding hydrogens is 572 g/mol. The number of nitro benzene ring substituents is 1. The van der Waals surface area contributed by atoms with E-state index >= 15 is 0 Å². The number of anilines is 1. The maximum Gasteiger partial charge on any atom is 0.273 e. The van der Waals surface area contributed by atoms with Crippen LogP contribution in [0.2, 0.25) is 5.02 Å². The quantitative estimate of drug-likeness (QED) is 0.257. The third-order valence-corrected chi connectivity index (χ3v) is 8.68. The molecular formula is C28H29ClN4O7S. The molecule has 0 aliphatic carbocycles. The van der Waals surface area contributed by atoms with Crippen molar-refractivity contribution in [2.75, 3.05) is 24.5 Å². The number of hydrogen-bond donors (Lipinski definition) is 1. The minimum absolute atomic E-state index is 0.00402. The second kappa shape index (κ2) is 12.6. The molecule has 2 amide bonds. The number of rotatable bonds is 11. The van der Waals surface area contributed by atoms with Gasteiger partial charge in [-0.15, -0.1) is 0 Å². The lowest BCUT2D eigenvalue weighted by molar-refractivity contribution is -0.385. The number of hydrogen-bond acceptors (Lipinski definition) is 7. The first-order valence-electron chi connectivity index (χ1n) is 12.7. The van der Waals surface area contributed by atoms with Crippen LogP contribution in [0.15, 0.2) is 65.6 Å². The molecule has 0 aromatic heterocycles. The van der Waals surface area contributed by atoms with E-state index in [0.29, 0.717) is 19.5 Å². The SMILES string of the molecule is COc1ccc(Cl)cc1N(CC(=O)NCc1cccc(CN2CCCC2=O)c1)S(=O)(=O)c1ccc(C)c([N+](=O)[O-])c1. The summed E-state index contributed by atoms with van der Waals surface area (Å²) < 4.78 is 33.8. The molecule has 1 aliphatic heterocycles. The van der Waals surface area contributed by atoms with Gasteiger partial charge in [0.25, 0.3) is 15.7 Å². The van der Waals surface area contributed by atoms with Crippen molar-refractivity contribution in [1.82, 2.24) is 10.2 Å². The largest absolute Gasteiger partial charge is 0.495 e. The number of nitrogens with zero attached hydrogens (tertiary/aromatic N) is 3. The molecule has 1 N–H and O–H groups in total. The molecule has 1 saturated heterocycles. The van der Waals surface area contributed by atoms with Gasteiger partial charge in [-0.1, -0.05) is 41.9 Å². The first-order chi connectivity index (χ1) is 19.5. The van der Waals surface area contributed by atoms with Crippen LogP contribution in [-0.2, 0) is 32.7 Å². The van der Waals surface area contributed by atoms with Gasteiger partial charge in [-0.3, -0.25) is 24.0 Å². The molecule has 0 spiro atoms. The van der Waals surface area contributed by atoms with Crippen molar-refractivity contribution >= 4 is 44.8 Å². The third kappa shape index (κ3) is 6.95. The minimum atomic E-state index is -4.49. The predicted octanol–water partition coefficient (Wildman–Crippen LogP) is 4.20. The molecule has 0 atom stereocenters. The van der Waals surface area contributed by atoms with Crippen LogP contribution in [-0.4, -0.2) is 50.3 Å². The average Bonchev–Trinajstić information content (AvgIpc) is 3.34. The maximum absolute atomic E-state index is 13.8. The van der Waals surface area contributed by atoms with E-state index in [1.807, 2.05) is 24.3 Å². The number of carbonyl (C=O) groups excluding carboxylic acids is 2. The molecule has 41 heavy (non-hydrogen) atoms. The Bertz CT molecular complexity index is 1600. The van der Waals surface area contributed by atoms with Gasteiger partial charge in [0.15, 0.2) is 0 Å². The number of nitro groups is 1. The number of ether oxygens (including phenoxy) is 1. The molecule has 3 aromatic rings. The summed E-state index contributed by atoms with van der Waals surface area (Å²) in [6.07, 6.45) is 1.38. The van der Waals surface area contributed by atoms with E-state index < -0.39 is 27.4 Å². The second-order valence-corrected chi connectivity index (χ2v) is 11.8. The lowest BCUT2D eigenvalue weighted by Crippen LogP contribution is -2.41. The molecule has 216 valence electrons. The van der Waals surface area contributed by atoms with Crippen molar-refractivity contribution < 1.29 is 27.7 Å². The van der Waals surface area contributed by atoms with E-state index in [4.69, 9.17) is 16.3 Å². The molecule has 1 aliphatic rings. The van der Waals surface area contributed by atoms with Crippen molar-refractivity contribution in [3.63, 3.8) is 0 Å². The van der Waals surface area contributed by atoms with Crippen LogP contribution in [0.5, 0.6) is 5.75 Å². The monoisotopic (exact) mass is 600 g/mol. The fraction of sp³-hybridized carbons (Fsp3) is 0.286. The zero-order chi connectivity index (χ0) is 29.7. The smallest absolute Gasteiger partial charge is 0.273 e. The number of benzene rings is 3. The van der Waals surface area contributed by atoms with E-state index in [9.17, 15) is 28.1 Å². The van der Waals surface area contributed by atoms with Crippen molar-refractivity contribution in [1.29, 1.82) is 0 Å². The molecule has 13 heteroatoms. The van der Waals surface area contributed by atoms with Crippen molar-refractivity contribution in [2.45, 2.75) is 37.8 Å². The van der Waals surface area contributed by atoms with E-state index in [1.54, 1.807) is 4.90 Å². The number of amides is 2. The Kier molecular flexibility index (Phi) is 9.14. The van der Waals surface area contributed by atoms with Gasteiger partial charge in [0.2, 0.25) is 11.8 Å². The molecule has 11 nitrogen and oxygen atoms in total. The highest BCUT2D eigenvalue weighted by molar-refractivity contribution is 7.92. The summed E-state index contributed by atoms with van der Waals surface area (Å²) in [6, 6.07) is 15.3. The molecule has 0 saturated carbocycles. The van der Waals surface area contributed by atoms with Gasteiger partial charge in [-0.2, -0.15) is 0 Å². The number of methoxy groups -OCH3 is 1. The van der Waals surface area contributed by atoms with E-state index in [1.165, 1.54) is 44.4 Å². The van der Waals surface area contributed by atoms with Gasteiger partial charge < -0.3 is 15.0 Å². The Hall–Kier alpha value is -4.16. The van der Waals surface area contributed by atoms with Crippen LogP contribution in [0.25, 0.3) is 0 Å². The number of aryl methyl sites for hydroxylation is 1. The highest BCUT2D eigenvalue weighted by Gasteiger charge is 2.31. The summed E-state index contributed by atoms with van der Waals surface area (Å²) in [5.41, 5.74) is 1.60. The molecule has 1 fully saturated rings. The van der Waals surface area contributed by atoms with Gasteiger partial charge in [0, 0.05) is 42.7 Å². The van der Waals surface area contributed by atoms with Crippen molar-refractivity contribution in [2.24, 2.45) is 0 Å². The standard InChI is InChI=1S/C28H29ClN4O7S/c1-19-8-10-23(15-24(19)33(36)37)41(38,39)32(25-14-22(29)9-11-26(25)40-2)18-27(34)30-16-20-5-3-6-21(13-20)17-31-12-4-7-28(31)35/h3,5-6,8-11,13-15H,4,7,12,16-18H2,1-2H3,(H,30,34). The summed E-state index contributed by atoms with van der Waals surface area (Å²) in [6.45, 7) is 2.14. The average molecular weight is 601 g/mol. The molecule has 1 heterocycles. The van der Waals surface area contributed by atoms with Crippen LogP contribution in [0.4, 0.5) is 11.4 Å². The number of nitrogens with one attached hydrogen (secondary N) is 1. The van der Waals surface area contributed by atoms with E-state index in [2.05, 4.69) is 5.32 Å². The van der Waals surface area contributed by atoms with Crippen LogP contribution >= 0.6 is 11.6 Å². The number of sulfonamides is 1. The van der Waals surface area contributed by atoms with Crippen LogP contribution in [0, 0.1) is 17.0 Å². The molecule has 4 rings (SSSR count). The van der Waals surface area contributed by atoms with Crippen LogP contribution < -0.4 is 14.4 Å². The summed E-state index contributed by atoms with van der Waals surface area (Å²) >= 11 is 6.17. The fourth-order valence-corrected chi connectivity index (χ4v) is 6.16. The van der Waals surface area contributed by atoms with Gasteiger partial charge in [0.1, 0.15) is 12.3 Å². The first kappa shape index (κ1) is 29.8. The highest BCUT2D eigenvalue weighted by Crippen LogP contribution is 2.35. The topological polar surface area (TPSA) is 139 Å². The Morgan fingerprint density at radius 3 is 2.59 bits per heavy atom. The number of halogens is 1. The van der Waals surface area contributed by atoms with Crippen LogP contribution in [0.1, 0.15) is 29.5 Å². The number of likely N-dealkylation sites (tertiary alicyclic amines) is 1. The van der Waals surface area contributed by atoms with Crippen molar-refractivity contribution in [3.8, 4) is 5.75 Å². The lowest BCUT2D eigenvalue weighted by Gasteiger charge is -2.26. The van der Waals surface area contributed by atoms with Gasteiger partial charge in [-0.05, 0) is 48.7 Å². The van der Waals surface area contributed by atoms with E-state index in [-0.39, 0.29) is 45.1 Å². The summed E-state index contributed by atoms with van der Waals surface area (Å²) in [4.78, 5) is 37.4. The Balaban J connectivity index is 1.59. The highest BCUT2D eigenvalue weighted by atomic mass is 35.5. The van der Waals surface area contributed by atoms with Gasteiger partial charge >= 0.3 is 0 Å². The van der Waals surface area contributed by atoms with E-state index in [0.717, 1.165) is 27.9 Å². The molecule has 0 bridgehead atoms. The predicted molar refractivity (Wildman–Crippen MR) is 153 cm³/mol. The summed E-state index contributed by atoms with van der Waals surface area (Å²) in [7, 11) is -3.14. The minimum Gasteiger partial charge on any atom is -0.495 e. The summed E-state index contributed by atoms with van der Waals surface area (Å²) in [5.74, 6) is -0.380. The lowest BCUT2D eigenvalue weighted by atomic mass is 10.1. The Morgan fingerprint density at radius 1 is 1.15 bits per heavy atom. The maximum atomic E-state index is 13.8. The molecule has 0 unspecified atom stereocenters.